The number of aliphatic imine (C=N–C) groups is 1. The Morgan fingerprint density at radius 3 is 2.93 bits per heavy atom. The Balaban J connectivity index is 2.63. The van der Waals surface area contributed by atoms with Gasteiger partial charge in [-0.05, 0) is 19.2 Å². The Bertz CT molecular complexity index is 315. The number of nitrogens with two attached hydrogens (primary N) is 1. The van der Waals surface area contributed by atoms with Gasteiger partial charge in [-0.1, -0.05) is 5.22 Å². The standard InChI is InChI=1S/C7H11N7/c1-9-4-6-2-3-7(13-12-6)10-5-11-14-8/h2-3,5,9H,4H2,1H3,(H2,8,10,11,13). The molecule has 0 radical (unpaired) electrons. The first-order valence-corrected chi connectivity index (χ1v) is 3.96. The summed E-state index contributed by atoms with van der Waals surface area (Å²) in [5.41, 5.74) is 0.854. The average molecular weight is 193 g/mol. The summed E-state index contributed by atoms with van der Waals surface area (Å²) in [6.07, 6.45) is 1.21. The van der Waals surface area contributed by atoms with Crippen molar-refractivity contribution in [1.82, 2.24) is 15.5 Å². The molecule has 0 aliphatic carbocycles. The van der Waals surface area contributed by atoms with E-state index >= 15 is 0 Å². The Morgan fingerprint density at radius 2 is 2.36 bits per heavy atom. The minimum absolute atomic E-state index is 0.470. The zero-order chi connectivity index (χ0) is 10.2. The summed E-state index contributed by atoms with van der Waals surface area (Å²) in [5.74, 6) is 5.25. The molecule has 0 saturated heterocycles. The second kappa shape index (κ2) is 5.70. The lowest BCUT2D eigenvalue weighted by Gasteiger charge is -1.96. The third kappa shape index (κ3) is 3.23. The minimum atomic E-state index is 0.470. The van der Waals surface area contributed by atoms with Crippen molar-refractivity contribution in [1.29, 1.82) is 0 Å². The lowest BCUT2D eigenvalue weighted by Crippen LogP contribution is -2.07. The summed E-state index contributed by atoms with van der Waals surface area (Å²) < 4.78 is 0. The lowest BCUT2D eigenvalue weighted by molar-refractivity contribution is 0.768. The molecule has 1 heterocycles. The first-order valence-electron chi connectivity index (χ1n) is 3.96. The maximum absolute atomic E-state index is 4.78. The van der Waals surface area contributed by atoms with Gasteiger partial charge in [0.05, 0.1) is 5.69 Å². The van der Waals surface area contributed by atoms with Crippen molar-refractivity contribution in [2.45, 2.75) is 6.54 Å². The topological polar surface area (TPSA) is 101 Å². The quantitative estimate of drug-likeness (QED) is 0.234. The zero-order valence-electron chi connectivity index (χ0n) is 7.75. The Labute approximate surface area is 81.1 Å². The fraction of sp³-hybridized carbons (Fsp3) is 0.286. The van der Waals surface area contributed by atoms with Gasteiger partial charge in [0, 0.05) is 6.54 Å². The van der Waals surface area contributed by atoms with E-state index in [1.807, 2.05) is 13.1 Å². The Kier molecular flexibility index (Phi) is 4.15. The molecule has 1 aromatic rings. The van der Waals surface area contributed by atoms with Crippen molar-refractivity contribution in [2.75, 3.05) is 7.05 Å². The van der Waals surface area contributed by atoms with Crippen LogP contribution in [0.1, 0.15) is 5.69 Å². The largest absolute Gasteiger partial charge is 0.314 e. The van der Waals surface area contributed by atoms with Crippen LogP contribution in [0.4, 0.5) is 5.82 Å². The van der Waals surface area contributed by atoms with E-state index in [1.54, 1.807) is 6.07 Å². The lowest BCUT2D eigenvalue weighted by atomic mass is 10.4. The van der Waals surface area contributed by atoms with Crippen molar-refractivity contribution in [3.8, 4) is 0 Å². The van der Waals surface area contributed by atoms with Crippen LogP contribution >= 0.6 is 0 Å². The molecule has 0 bridgehead atoms. The molecule has 1 rings (SSSR count). The van der Waals surface area contributed by atoms with Crippen LogP contribution in [0.15, 0.2) is 27.5 Å². The van der Waals surface area contributed by atoms with Crippen molar-refractivity contribution in [3.63, 3.8) is 0 Å². The van der Waals surface area contributed by atoms with Crippen LogP contribution in [-0.2, 0) is 6.54 Å². The highest BCUT2D eigenvalue weighted by molar-refractivity contribution is 5.59. The number of hydrogen-bond acceptors (Lipinski definition) is 5. The van der Waals surface area contributed by atoms with E-state index in [0.29, 0.717) is 12.4 Å². The first-order chi connectivity index (χ1) is 6.86. The molecule has 0 aliphatic heterocycles. The van der Waals surface area contributed by atoms with Crippen LogP contribution in [0, 0.1) is 0 Å². The predicted molar refractivity (Wildman–Crippen MR) is 52.0 cm³/mol. The maximum Gasteiger partial charge on any atom is 0.176 e. The molecule has 0 atom stereocenters. The van der Waals surface area contributed by atoms with Gasteiger partial charge in [0.2, 0.25) is 0 Å². The van der Waals surface area contributed by atoms with Gasteiger partial charge in [-0.3, -0.25) is 0 Å². The fourth-order valence-electron chi connectivity index (χ4n) is 0.812. The molecule has 7 nitrogen and oxygen atoms in total. The highest BCUT2D eigenvalue weighted by Gasteiger charge is 1.93. The zero-order valence-corrected chi connectivity index (χ0v) is 7.75. The van der Waals surface area contributed by atoms with Gasteiger partial charge in [0.15, 0.2) is 5.82 Å². The summed E-state index contributed by atoms with van der Waals surface area (Å²) in [5, 5.41) is 17.1. The molecule has 14 heavy (non-hydrogen) atoms. The summed E-state index contributed by atoms with van der Waals surface area (Å²) in [6, 6.07) is 3.57. The number of nitrogens with one attached hydrogen (secondary N) is 1. The molecule has 0 aliphatic rings. The average Bonchev–Trinajstić information content (AvgIpc) is 2.21. The summed E-state index contributed by atoms with van der Waals surface area (Å²) >= 11 is 0. The summed E-state index contributed by atoms with van der Waals surface area (Å²) in [7, 11) is 1.84. The third-order valence-electron chi connectivity index (χ3n) is 1.37. The highest BCUT2D eigenvalue weighted by atomic mass is 15.3. The normalized spacial score (nSPS) is 11.5. The smallest absolute Gasteiger partial charge is 0.176 e. The van der Waals surface area contributed by atoms with Gasteiger partial charge in [0.25, 0.3) is 0 Å². The monoisotopic (exact) mass is 193 g/mol. The summed E-state index contributed by atoms with van der Waals surface area (Å²) in [6.45, 7) is 0.680. The summed E-state index contributed by atoms with van der Waals surface area (Å²) in [4.78, 5) is 3.84. The molecule has 0 fully saturated rings. The molecule has 74 valence electrons. The van der Waals surface area contributed by atoms with Gasteiger partial charge in [0.1, 0.15) is 6.34 Å². The van der Waals surface area contributed by atoms with Crippen LogP contribution < -0.4 is 11.2 Å². The molecule has 0 saturated carbocycles. The first kappa shape index (κ1) is 10.2. The molecule has 0 aromatic carbocycles. The fourth-order valence-corrected chi connectivity index (χ4v) is 0.812. The van der Waals surface area contributed by atoms with Gasteiger partial charge in [-0.25, -0.2) is 4.99 Å². The predicted octanol–water partition coefficient (Wildman–Crippen LogP) is 0.182. The minimum Gasteiger partial charge on any atom is -0.314 e. The number of nitrogens with zero attached hydrogens (tertiary/aromatic N) is 5. The van der Waals surface area contributed by atoms with E-state index in [-0.39, 0.29) is 0 Å². The van der Waals surface area contributed by atoms with E-state index < -0.39 is 0 Å². The number of hydrogen-bond donors (Lipinski definition) is 2. The van der Waals surface area contributed by atoms with Crippen LogP contribution in [0.25, 0.3) is 0 Å². The Morgan fingerprint density at radius 1 is 1.50 bits per heavy atom. The van der Waals surface area contributed by atoms with Crippen molar-refractivity contribution >= 4 is 12.2 Å². The number of aromatic nitrogens is 2. The molecule has 7 heteroatoms. The van der Waals surface area contributed by atoms with E-state index in [4.69, 9.17) is 5.84 Å². The van der Waals surface area contributed by atoms with E-state index in [1.165, 1.54) is 6.34 Å². The van der Waals surface area contributed by atoms with Gasteiger partial charge in [-0.15, -0.1) is 10.2 Å². The van der Waals surface area contributed by atoms with Crippen molar-refractivity contribution in [2.24, 2.45) is 21.2 Å². The Hall–Kier alpha value is -1.89. The molecule has 0 amide bonds. The van der Waals surface area contributed by atoms with E-state index in [9.17, 15) is 0 Å². The van der Waals surface area contributed by atoms with E-state index in [2.05, 4.69) is 30.8 Å². The van der Waals surface area contributed by atoms with Crippen LogP contribution in [0.3, 0.4) is 0 Å². The molecular formula is C7H11N7. The van der Waals surface area contributed by atoms with Crippen LogP contribution in [-0.4, -0.2) is 23.6 Å². The van der Waals surface area contributed by atoms with Crippen molar-refractivity contribution in [3.05, 3.63) is 17.8 Å². The van der Waals surface area contributed by atoms with Gasteiger partial charge in [-0.2, -0.15) is 5.10 Å². The molecule has 1 aromatic heterocycles. The molecular weight excluding hydrogens is 182 g/mol. The SMILES string of the molecule is CNCc1ccc(N=CN=NN)nn1. The van der Waals surface area contributed by atoms with Crippen LogP contribution in [0.5, 0.6) is 0 Å². The van der Waals surface area contributed by atoms with Gasteiger partial charge >= 0.3 is 0 Å². The molecule has 0 unspecified atom stereocenters. The van der Waals surface area contributed by atoms with Crippen LogP contribution in [0.2, 0.25) is 0 Å². The van der Waals surface area contributed by atoms with E-state index in [0.717, 1.165) is 5.69 Å². The molecule has 3 N–H and O–H groups in total. The number of rotatable bonds is 4. The highest BCUT2D eigenvalue weighted by Crippen LogP contribution is 2.04. The van der Waals surface area contributed by atoms with Crippen molar-refractivity contribution < 1.29 is 0 Å². The maximum atomic E-state index is 4.78. The second-order valence-corrected chi connectivity index (χ2v) is 2.39. The second-order valence-electron chi connectivity index (χ2n) is 2.39. The third-order valence-corrected chi connectivity index (χ3v) is 1.37. The molecule has 0 spiro atoms. The van der Waals surface area contributed by atoms with Gasteiger partial charge < -0.3 is 11.2 Å².